The fraction of sp³-hybridized carbons (Fsp3) is 0.882. The molecule has 0 atom stereocenters. The third-order valence-corrected chi connectivity index (χ3v) is 4.67. The number of nitriles is 1. The lowest BCUT2D eigenvalue weighted by Crippen LogP contribution is -2.46. The predicted molar refractivity (Wildman–Crippen MR) is 83.7 cm³/mol. The summed E-state index contributed by atoms with van der Waals surface area (Å²) in [6, 6.07) is 2.52. The molecular weight excluding hydrogens is 264 g/mol. The third-order valence-electron chi connectivity index (χ3n) is 4.67. The van der Waals surface area contributed by atoms with Gasteiger partial charge in [0.2, 0.25) is 0 Å². The number of carbonyl (C=O) groups is 1. The Morgan fingerprint density at radius 3 is 2.14 bits per heavy atom. The zero-order chi connectivity index (χ0) is 16.3. The molecule has 1 saturated carbocycles. The van der Waals surface area contributed by atoms with E-state index in [2.05, 4.69) is 32.2 Å². The molecule has 0 aromatic carbocycles. The van der Waals surface area contributed by atoms with Crippen LogP contribution in [0.4, 0.5) is 4.79 Å². The Hall–Kier alpha value is -1.24. The Morgan fingerprint density at radius 2 is 1.76 bits per heavy atom. The highest BCUT2D eigenvalue weighted by Crippen LogP contribution is 2.51. The molecule has 1 rings (SSSR count). The molecule has 0 bridgehead atoms. The van der Waals surface area contributed by atoms with Crippen LogP contribution in [0.15, 0.2) is 0 Å². The van der Waals surface area contributed by atoms with Crippen LogP contribution in [0.25, 0.3) is 0 Å². The lowest BCUT2D eigenvalue weighted by Gasteiger charge is -2.48. The van der Waals surface area contributed by atoms with Crippen molar-refractivity contribution < 1.29 is 9.53 Å². The minimum absolute atomic E-state index is 0.0634. The van der Waals surface area contributed by atoms with Crippen molar-refractivity contribution in [2.45, 2.75) is 85.3 Å². The molecule has 0 aromatic heterocycles. The van der Waals surface area contributed by atoms with Crippen LogP contribution in [0.5, 0.6) is 0 Å². The van der Waals surface area contributed by atoms with E-state index in [4.69, 9.17) is 10.00 Å². The molecule has 1 fully saturated rings. The molecule has 4 heteroatoms. The number of hydrogen-bond donors (Lipinski definition) is 1. The van der Waals surface area contributed by atoms with Crippen LogP contribution < -0.4 is 5.32 Å². The Kier molecular flexibility index (Phi) is 5.30. The van der Waals surface area contributed by atoms with Crippen LogP contribution in [0.1, 0.15) is 73.6 Å². The fourth-order valence-corrected chi connectivity index (χ4v) is 3.13. The zero-order valence-corrected chi connectivity index (χ0v) is 14.4. The first-order chi connectivity index (χ1) is 9.49. The monoisotopic (exact) mass is 294 g/mol. The van der Waals surface area contributed by atoms with E-state index in [9.17, 15) is 4.79 Å². The zero-order valence-electron chi connectivity index (χ0n) is 14.4. The maximum Gasteiger partial charge on any atom is 0.407 e. The molecule has 1 amide bonds. The van der Waals surface area contributed by atoms with Gasteiger partial charge in [-0.3, -0.25) is 0 Å². The molecule has 0 radical (unpaired) electrons. The van der Waals surface area contributed by atoms with Crippen molar-refractivity contribution >= 4 is 6.09 Å². The molecule has 120 valence electrons. The standard InChI is InChI=1S/C17H30N2O2/c1-15(2,3)17(11-12-18)9-7-13(8-10-17)19-14(20)21-16(4,5)6/h13H,7-11H2,1-6H3,(H,19,20). The van der Waals surface area contributed by atoms with Crippen molar-refractivity contribution in [3.63, 3.8) is 0 Å². The minimum Gasteiger partial charge on any atom is -0.444 e. The lowest BCUT2D eigenvalue weighted by molar-refractivity contribution is 0.0245. The Balaban J connectivity index is 2.59. The number of ether oxygens (including phenoxy) is 1. The second-order valence-corrected chi connectivity index (χ2v) is 8.29. The van der Waals surface area contributed by atoms with E-state index in [0.717, 1.165) is 25.7 Å². The molecule has 0 spiro atoms. The molecule has 1 N–H and O–H groups in total. The predicted octanol–water partition coefficient (Wildman–Crippen LogP) is 4.40. The van der Waals surface area contributed by atoms with Gasteiger partial charge >= 0.3 is 6.09 Å². The molecule has 0 heterocycles. The molecule has 21 heavy (non-hydrogen) atoms. The van der Waals surface area contributed by atoms with E-state index in [1.54, 1.807) is 0 Å². The summed E-state index contributed by atoms with van der Waals surface area (Å²) < 4.78 is 5.30. The Morgan fingerprint density at radius 1 is 1.24 bits per heavy atom. The Labute approximate surface area is 129 Å². The average Bonchev–Trinajstić information content (AvgIpc) is 2.28. The highest BCUT2D eigenvalue weighted by Gasteiger charge is 2.44. The lowest BCUT2D eigenvalue weighted by atomic mass is 9.57. The van der Waals surface area contributed by atoms with Gasteiger partial charge in [0, 0.05) is 12.5 Å². The van der Waals surface area contributed by atoms with Crippen LogP contribution in [0.2, 0.25) is 0 Å². The van der Waals surface area contributed by atoms with Crippen LogP contribution in [-0.2, 0) is 4.74 Å². The van der Waals surface area contributed by atoms with Crippen molar-refractivity contribution in [1.82, 2.24) is 5.32 Å². The maximum absolute atomic E-state index is 11.8. The topological polar surface area (TPSA) is 62.1 Å². The second kappa shape index (κ2) is 6.25. The smallest absolute Gasteiger partial charge is 0.407 e. The number of rotatable bonds is 2. The van der Waals surface area contributed by atoms with Crippen molar-refractivity contribution in [3.8, 4) is 6.07 Å². The summed E-state index contributed by atoms with van der Waals surface area (Å²) in [5.41, 5.74) is -0.289. The molecule has 0 unspecified atom stereocenters. The van der Waals surface area contributed by atoms with Gasteiger partial charge in [0.05, 0.1) is 6.07 Å². The number of alkyl carbamates (subject to hydrolysis) is 1. The highest BCUT2D eigenvalue weighted by molar-refractivity contribution is 5.68. The summed E-state index contributed by atoms with van der Waals surface area (Å²) >= 11 is 0. The Bertz CT molecular complexity index is 402. The highest BCUT2D eigenvalue weighted by atomic mass is 16.6. The summed E-state index contributed by atoms with van der Waals surface area (Å²) in [6.45, 7) is 12.2. The molecule has 0 aromatic rings. The average molecular weight is 294 g/mol. The molecule has 0 aliphatic heterocycles. The second-order valence-electron chi connectivity index (χ2n) is 8.29. The SMILES string of the molecule is CC(C)(C)OC(=O)NC1CCC(CC#N)(C(C)(C)C)CC1. The van der Waals surface area contributed by atoms with Gasteiger partial charge < -0.3 is 10.1 Å². The number of hydrogen-bond acceptors (Lipinski definition) is 3. The van der Waals surface area contributed by atoms with Gasteiger partial charge in [0.25, 0.3) is 0 Å². The van der Waals surface area contributed by atoms with Gasteiger partial charge in [-0.15, -0.1) is 0 Å². The molecule has 1 aliphatic rings. The van der Waals surface area contributed by atoms with Crippen molar-refractivity contribution in [2.24, 2.45) is 10.8 Å². The number of amides is 1. The van der Waals surface area contributed by atoms with Crippen molar-refractivity contribution in [3.05, 3.63) is 0 Å². The van der Waals surface area contributed by atoms with Crippen molar-refractivity contribution in [2.75, 3.05) is 0 Å². The quantitative estimate of drug-likeness (QED) is 0.821. The van der Waals surface area contributed by atoms with Gasteiger partial charge in [0.1, 0.15) is 5.60 Å². The summed E-state index contributed by atoms with van der Waals surface area (Å²) in [5, 5.41) is 12.1. The van der Waals surface area contributed by atoms with Crippen LogP contribution >= 0.6 is 0 Å². The van der Waals surface area contributed by atoms with Gasteiger partial charge in [-0.25, -0.2) is 4.79 Å². The first-order valence-electron chi connectivity index (χ1n) is 7.86. The summed E-state index contributed by atoms with van der Waals surface area (Å²) in [6.07, 6.45) is 4.04. The number of nitrogens with one attached hydrogen (secondary N) is 1. The van der Waals surface area contributed by atoms with E-state index < -0.39 is 5.60 Å². The van der Waals surface area contributed by atoms with Gasteiger partial charge in [-0.2, -0.15) is 5.26 Å². The van der Waals surface area contributed by atoms with E-state index >= 15 is 0 Å². The van der Waals surface area contributed by atoms with Gasteiger partial charge in [0.15, 0.2) is 0 Å². The minimum atomic E-state index is -0.464. The van der Waals surface area contributed by atoms with Crippen LogP contribution in [0, 0.1) is 22.2 Å². The molecule has 4 nitrogen and oxygen atoms in total. The summed E-state index contributed by atoms with van der Waals surface area (Å²) in [7, 11) is 0. The first-order valence-corrected chi connectivity index (χ1v) is 7.86. The summed E-state index contributed by atoms with van der Waals surface area (Å²) in [4.78, 5) is 11.8. The third kappa shape index (κ3) is 4.91. The first kappa shape index (κ1) is 17.8. The fourth-order valence-electron chi connectivity index (χ4n) is 3.13. The molecule has 1 aliphatic carbocycles. The summed E-state index contributed by atoms with van der Waals surface area (Å²) in [5.74, 6) is 0. The van der Waals surface area contributed by atoms with Crippen molar-refractivity contribution in [1.29, 1.82) is 5.26 Å². The van der Waals surface area contributed by atoms with E-state index in [1.165, 1.54) is 0 Å². The van der Waals surface area contributed by atoms with Crippen LogP contribution in [0.3, 0.4) is 0 Å². The van der Waals surface area contributed by atoms with Crippen LogP contribution in [-0.4, -0.2) is 17.7 Å². The normalized spacial score (nSPS) is 26.8. The maximum atomic E-state index is 11.8. The molecular formula is C17H30N2O2. The van der Waals surface area contributed by atoms with Gasteiger partial charge in [-0.1, -0.05) is 20.8 Å². The van der Waals surface area contributed by atoms with E-state index in [0.29, 0.717) is 6.42 Å². The van der Waals surface area contributed by atoms with E-state index in [1.807, 2.05) is 20.8 Å². The molecule has 0 saturated heterocycles. The number of nitrogens with zero attached hydrogens (tertiary/aromatic N) is 1. The number of carbonyl (C=O) groups excluding carboxylic acids is 1. The largest absolute Gasteiger partial charge is 0.444 e. The van der Waals surface area contributed by atoms with E-state index in [-0.39, 0.29) is 23.0 Å². The van der Waals surface area contributed by atoms with Gasteiger partial charge in [-0.05, 0) is 57.3 Å².